The molecule has 0 spiro atoms. The van der Waals surface area contributed by atoms with Crippen LogP contribution in [-0.4, -0.2) is 12.0 Å². The van der Waals surface area contributed by atoms with E-state index < -0.39 is 6.10 Å². The molecular weight excluding hydrogens is 309 g/mol. The van der Waals surface area contributed by atoms with E-state index in [4.69, 9.17) is 27.9 Å². The maximum atomic E-state index is 12.1. The van der Waals surface area contributed by atoms with Gasteiger partial charge in [0.25, 0.3) is 5.91 Å². The molecule has 0 saturated heterocycles. The first-order chi connectivity index (χ1) is 9.95. The second-order valence-electron chi connectivity index (χ2n) is 4.69. The zero-order valence-electron chi connectivity index (χ0n) is 11.7. The molecule has 0 aliphatic rings. The van der Waals surface area contributed by atoms with Crippen LogP contribution in [0.25, 0.3) is 0 Å². The molecule has 1 amide bonds. The molecule has 2 rings (SSSR count). The van der Waals surface area contributed by atoms with Crippen molar-refractivity contribution in [2.75, 3.05) is 5.32 Å². The number of amides is 1. The van der Waals surface area contributed by atoms with Crippen molar-refractivity contribution in [1.29, 1.82) is 0 Å². The second kappa shape index (κ2) is 6.83. The molecule has 0 radical (unpaired) electrons. The van der Waals surface area contributed by atoms with Gasteiger partial charge in [-0.2, -0.15) is 0 Å². The van der Waals surface area contributed by atoms with E-state index in [9.17, 15) is 4.79 Å². The van der Waals surface area contributed by atoms with Crippen molar-refractivity contribution in [1.82, 2.24) is 0 Å². The largest absolute Gasteiger partial charge is 0.479 e. The molecule has 0 fully saturated rings. The summed E-state index contributed by atoms with van der Waals surface area (Å²) in [7, 11) is 0. The van der Waals surface area contributed by atoms with Crippen molar-refractivity contribution in [3.8, 4) is 5.75 Å². The highest BCUT2D eigenvalue weighted by Gasteiger charge is 2.16. The average molecular weight is 324 g/mol. The van der Waals surface area contributed by atoms with Crippen molar-refractivity contribution in [2.45, 2.75) is 20.0 Å². The van der Waals surface area contributed by atoms with Crippen LogP contribution < -0.4 is 10.1 Å². The minimum absolute atomic E-state index is 0.244. The Labute approximate surface area is 133 Å². The van der Waals surface area contributed by atoms with Crippen LogP contribution in [-0.2, 0) is 4.79 Å². The predicted octanol–water partition coefficient (Wildman–Crippen LogP) is 4.71. The van der Waals surface area contributed by atoms with Gasteiger partial charge in [-0.1, -0.05) is 35.3 Å². The van der Waals surface area contributed by atoms with Crippen molar-refractivity contribution < 1.29 is 9.53 Å². The van der Waals surface area contributed by atoms with Crippen molar-refractivity contribution in [3.63, 3.8) is 0 Å². The first-order valence-electron chi connectivity index (χ1n) is 6.45. The molecule has 3 nitrogen and oxygen atoms in total. The summed E-state index contributed by atoms with van der Waals surface area (Å²) in [6.45, 7) is 3.62. The monoisotopic (exact) mass is 323 g/mol. The lowest BCUT2D eigenvalue weighted by atomic mass is 10.2. The lowest BCUT2D eigenvalue weighted by Crippen LogP contribution is -2.30. The number of hydrogen-bond acceptors (Lipinski definition) is 2. The standard InChI is InChI=1S/C16H15Cl2NO2/c1-10-4-3-5-13(8-10)19-16(20)11(2)21-15-7-6-12(17)9-14(15)18/h3-9,11H,1-2H3,(H,19,20)/t11-/m0/s1. The zero-order chi connectivity index (χ0) is 15.4. The van der Waals surface area contributed by atoms with E-state index in [0.717, 1.165) is 11.3 Å². The van der Waals surface area contributed by atoms with Crippen LogP contribution in [0, 0.1) is 6.92 Å². The molecule has 110 valence electrons. The van der Waals surface area contributed by atoms with Gasteiger partial charge in [0.05, 0.1) is 5.02 Å². The fourth-order valence-electron chi connectivity index (χ4n) is 1.78. The first kappa shape index (κ1) is 15.7. The lowest BCUT2D eigenvalue weighted by molar-refractivity contribution is -0.122. The molecule has 1 atom stereocenters. The number of halogens is 2. The van der Waals surface area contributed by atoms with Gasteiger partial charge in [-0.25, -0.2) is 0 Å². The normalized spacial score (nSPS) is 11.8. The van der Waals surface area contributed by atoms with Gasteiger partial charge < -0.3 is 10.1 Å². The number of rotatable bonds is 4. The Morgan fingerprint density at radius 1 is 1.19 bits per heavy atom. The summed E-state index contributed by atoms with van der Waals surface area (Å²) < 4.78 is 5.56. The summed E-state index contributed by atoms with van der Waals surface area (Å²) in [5.41, 5.74) is 1.81. The van der Waals surface area contributed by atoms with Gasteiger partial charge in [-0.05, 0) is 49.7 Å². The van der Waals surface area contributed by atoms with Gasteiger partial charge in [0.1, 0.15) is 5.75 Å². The number of carbonyl (C=O) groups excluding carboxylic acids is 1. The molecule has 2 aromatic carbocycles. The Balaban J connectivity index is 2.02. The van der Waals surface area contributed by atoms with Crippen LogP contribution in [0.3, 0.4) is 0 Å². The molecule has 2 aromatic rings. The van der Waals surface area contributed by atoms with E-state index in [1.807, 2.05) is 31.2 Å². The zero-order valence-corrected chi connectivity index (χ0v) is 13.2. The van der Waals surface area contributed by atoms with E-state index in [2.05, 4.69) is 5.32 Å². The van der Waals surface area contributed by atoms with Gasteiger partial charge in [0.15, 0.2) is 6.10 Å². The molecule has 5 heteroatoms. The summed E-state index contributed by atoms with van der Waals surface area (Å²) in [5, 5.41) is 3.69. The number of aryl methyl sites for hydroxylation is 1. The van der Waals surface area contributed by atoms with Crippen LogP contribution in [0.4, 0.5) is 5.69 Å². The Bertz CT molecular complexity index is 658. The van der Waals surface area contributed by atoms with Crippen LogP contribution >= 0.6 is 23.2 Å². The van der Waals surface area contributed by atoms with E-state index in [0.29, 0.717) is 15.8 Å². The average Bonchev–Trinajstić information content (AvgIpc) is 2.41. The Morgan fingerprint density at radius 2 is 1.95 bits per heavy atom. The van der Waals surface area contributed by atoms with E-state index in [-0.39, 0.29) is 5.91 Å². The van der Waals surface area contributed by atoms with Crippen LogP contribution in [0.2, 0.25) is 10.0 Å². The topological polar surface area (TPSA) is 38.3 Å². The number of carbonyl (C=O) groups is 1. The molecule has 1 N–H and O–H groups in total. The molecule has 0 heterocycles. The Kier molecular flexibility index (Phi) is 5.10. The highest BCUT2D eigenvalue weighted by Crippen LogP contribution is 2.28. The van der Waals surface area contributed by atoms with Crippen LogP contribution in [0.5, 0.6) is 5.75 Å². The molecular formula is C16H15Cl2NO2. The third-order valence-corrected chi connectivity index (χ3v) is 3.38. The van der Waals surface area contributed by atoms with Gasteiger partial charge >= 0.3 is 0 Å². The van der Waals surface area contributed by atoms with Crippen molar-refractivity contribution in [2.24, 2.45) is 0 Å². The number of hydrogen-bond donors (Lipinski definition) is 1. The number of nitrogens with one attached hydrogen (secondary N) is 1. The second-order valence-corrected chi connectivity index (χ2v) is 5.54. The predicted molar refractivity (Wildman–Crippen MR) is 86.4 cm³/mol. The lowest BCUT2D eigenvalue weighted by Gasteiger charge is -2.16. The summed E-state index contributed by atoms with van der Waals surface area (Å²) in [5.74, 6) is 0.180. The van der Waals surface area contributed by atoms with Gasteiger partial charge in [0, 0.05) is 10.7 Å². The minimum Gasteiger partial charge on any atom is -0.479 e. The third kappa shape index (κ3) is 4.38. The highest BCUT2D eigenvalue weighted by molar-refractivity contribution is 6.35. The summed E-state index contributed by atoms with van der Waals surface area (Å²) in [6, 6.07) is 12.4. The smallest absolute Gasteiger partial charge is 0.265 e. The SMILES string of the molecule is Cc1cccc(NC(=O)[C@H](C)Oc2ccc(Cl)cc2Cl)c1. The summed E-state index contributed by atoms with van der Waals surface area (Å²) >= 11 is 11.8. The minimum atomic E-state index is -0.677. The van der Waals surface area contributed by atoms with Gasteiger partial charge in [-0.15, -0.1) is 0 Å². The van der Waals surface area contributed by atoms with E-state index in [1.165, 1.54) is 0 Å². The molecule has 0 aliphatic carbocycles. The number of ether oxygens (including phenoxy) is 1. The molecule has 21 heavy (non-hydrogen) atoms. The maximum absolute atomic E-state index is 12.1. The van der Waals surface area contributed by atoms with Gasteiger partial charge in [0.2, 0.25) is 0 Å². The van der Waals surface area contributed by atoms with E-state index in [1.54, 1.807) is 25.1 Å². The molecule has 0 saturated carbocycles. The van der Waals surface area contributed by atoms with Crippen LogP contribution in [0.15, 0.2) is 42.5 Å². The highest BCUT2D eigenvalue weighted by atomic mass is 35.5. The molecule has 0 aliphatic heterocycles. The Hall–Kier alpha value is -1.71. The molecule has 0 unspecified atom stereocenters. The molecule has 0 aromatic heterocycles. The van der Waals surface area contributed by atoms with Crippen molar-refractivity contribution >= 4 is 34.8 Å². The number of benzene rings is 2. The maximum Gasteiger partial charge on any atom is 0.265 e. The van der Waals surface area contributed by atoms with Crippen LogP contribution in [0.1, 0.15) is 12.5 Å². The fourth-order valence-corrected chi connectivity index (χ4v) is 2.23. The molecule has 0 bridgehead atoms. The quantitative estimate of drug-likeness (QED) is 0.885. The van der Waals surface area contributed by atoms with E-state index >= 15 is 0 Å². The summed E-state index contributed by atoms with van der Waals surface area (Å²) in [4.78, 5) is 12.1. The summed E-state index contributed by atoms with van der Waals surface area (Å²) in [6.07, 6.45) is -0.677. The third-order valence-electron chi connectivity index (χ3n) is 2.85. The van der Waals surface area contributed by atoms with Gasteiger partial charge in [-0.3, -0.25) is 4.79 Å². The van der Waals surface area contributed by atoms with Crippen molar-refractivity contribution in [3.05, 3.63) is 58.1 Å². The number of anilines is 1. The first-order valence-corrected chi connectivity index (χ1v) is 7.20. The Morgan fingerprint density at radius 3 is 2.62 bits per heavy atom. The fraction of sp³-hybridized carbons (Fsp3) is 0.188.